The second-order valence-electron chi connectivity index (χ2n) is 5.99. The van der Waals surface area contributed by atoms with Crippen molar-refractivity contribution in [3.05, 3.63) is 0 Å². The van der Waals surface area contributed by atoms with Crippen molar-refractivity contribution in [2.24, 2.45) is 5.92 Å². The van der Waals surface area contributed by atoms with Gasteiger partial charge in [0.15, 0.2) is 0 Å². The lowest BCUT2D eigenvalue weighted by Crippen LogP contribution is -2.53. The van der Waals surface area contributed by atoms with Crippen LogP contribution in [0.1, 0.15) is 32.1 Å². The molecule has 7 heteroatoms. The van der Waals surface area contributed by atoms with Gasteiger partial charge in [0, 0.05) is 45.6 Å². The molecule has 0 radical (unpaired) electrons. The summed E-state index contributed by atoms with van der Waals surface area (Å²) in [6.07, 6.45) is 2.82. The number of piperidine rings is 2. The van der Waals surface area contributed by atoms with Crippen LogP contribution in [-0.2, 0) is 9.59 Å². The standard InChI is InChI=1S/C14H23N3O4/c1-16-9-11(2-3-12(16)18)15-14(21)17-6-4-10(5-7-17)8-13(19)20/h10-11H,2-9H2,1H3,(H,15,21)(H,19,20). The summed E-state index contributed by atoms with van der Waals surface area (Å²) in [5.74, 6) is -0.479. The second-order valence-corrected chi connectivity index (χ2v) is 5.99. The number of aliphatic carboxylic acids is 1. The van der Waals surface area contributed by atoms with E-state index in [1.807, 2.05) is 0 Å². The molecular formula is C14H23N3O4. The Balaban J connectivity index is 1.75. The van der Waals surface area contributed by atoms with Crippen LogP contribution in [0, 0.1) is 5.92 Å². The van der Waals surface area contributed by atoms with Crippen LogP contribution in [0.5, 0.6) is 0 Å². The summed E-state index contributed by atoms with van der Waals surface area (Å²) >= 11 is 0. The van der Waals surface area contributed by atoms with Gasteiger partial charge in [-0.2, -0.15) is 0 Å². The predicted molar refractivity (Wildman–Crippen MR) is 75.7 cm³/mol. The van der Waals surface area contributed by atoms with Gasteiger partial charge in [-0.1, -0.05) is 0 Å². The van der Waals surface area contributed by atoms with Gasteiger partial charge in [0.2, 0.25) is 5.91 Å². The molecule has 2 N–H and O–H groups in total. The van der Waals surface area contributed by atoms with Crippen molar-refractivity contribution in [1.82, 2.24) is 15.1 Å². The Labute approximate surface area is 124 Å². The molecule has 0 aromatic rings. The number of rotatable bonds is 3. The molecule has 0 spiro atoms. The van der Waals surface area contributed by atoms with E-state index in [4.69, 9.17) is 5.11 Å². The van der Waals surface area contributed by atoms with Crippen molar-refractivity contribution in [3.63, 3.8) is 0 Å². The lowest BCUT2D eigenvalue weighted by Gasteiger charge is -2.35. The Morgan fingerprint density at radius 1 is 1.29 bits per heavy atom. The number of carboxylic acid groups (broad SMARTS) is 1. The summed E-state index contributed by atoms with van der Waals surface area (Å²) in [5, 5.41) is 11.8. The molecule has 0 aromatic carbocycles. The van der Waals surface area contributed by atoms with E-state index < -0.39 is 5.97 Å². The van der Waals surface area contributed by atoms with Crippen molar-refractivity contribution >= 4 is 17.9 Å². The molecule has 0 aliphatic carbocycles. The van der Waals surface area contributed by atoms with Gasteiger partial charge in [0.25, 0.3) is 0 Å². The van der Waals surface area contributed by atoms with Crippen LogP contribution < -0.4 is 5.32 Å². The molecule has 0 saturated carbocycles. The number of likely N-dealkylation sites (N-methyl/N-ethyl adjacent to an activating group) is 1. The average molecular weight is 297 g/mol. The number of amides is 3. The van der Waals surface area contributed by atoms with Gasteiger partial charge in [0.05, 0.1) is 0 Å². The Morgan fingerprint density at radius 2 is 1.95 bits per heavy atom. The summed E-state index contributed by atoms with van der Waals surface area (Å²) in [4.78, 5) is 37.7. The third-order valence-corrected chi connectivity index (χ3v) is 4.32. The Morgan fingerprint density at radius 3 is 2.52 bits per heavy atom. The third kappa shape index (κ3) is 4.34. The van der Waals surface area contributed by atoms with E-state index in [-0.39, 0.29) is 30.3 Å². The van der Waals surface area contributed by atoms with Gasteiger partial charge in [-0.25, -0.2) is 4.79 Å². The smallest absolute Gasteiger partial charge is 0.317 e. The molecule has 0 aromatic heterocycles. The zero-order chi connectivity index (χ0) is 15.4. The van der Waals surface area contributed by atoms with Crippen molar-refractivity contribution < 1.29 is 19.5 Å². The van der Waals surface area contributed by atoms with Crippen LogP contribution in [0.15, 0.2) is 0 Å². The normalized spacial score (nSPS) is 24.0. The monoisotopic (exact) mass is 297 g/mol. The van der Waals surface area contributed by atoms with E-state index in [0.29, 0.717) is 32.5 Å². The highest BCUT2D eigenvalue weighted by molar-refractivity contribution is 5.78. The van der Waals surface area contributed by atoms with E-state index in [1.54, 1.807) is 16.8 Å². The molecule has 2 saturated heterocycles. The second kappa shape index (κ2) is 6.78. The van der Waals surface area contributed by atoms with Gasteiger partial charge >= 0.3 is 12.0 Å². The molecule has 2 aliphatic heterocycles. The van der Waals surface area contributed by atoms with Crippen LogP contribution in [-0.4, -0.2) is 65.5 Å². The van der Waals surface area contributed by atoms with Crippen molar-refractivity contribution in [2.75, 3.05) is 26.7 Å². The average Bonchev–Trinajstić information content (AvgIpc) is 2.43. The third-order valence-electron chi connectivity index (χ3n) is 4.32. The summed E-state index contributed by atoms with van der Waals surface area (Å²) < 4.78 is 0. The molecule has 3 amide bonds. The molecule has 1 atom stereocenters. The minimum absolute atomic E-state index is 0.0111. The number of hydrogen-bond donors (Lipinski definition) is 2. The van der Waals surface area contributed by atoms with Crippen LogP contribution in [0.2, 0.25) is 0 Å². The highest BCUT2D eigenvalue weighted by Gasteiger charge is 2.28. The molecule has 2 aliphatic rings. The Hall–Kier alpha value is -1.79. The molecular weight excluding hydrogens is 274 g/mol. The largest absolute Gasteiger partial charge is 0.481 e. The number of urea groups is 1. The van der Waals surface area contributed by atoms with Crippen LogP contribution in [0.3, 0.4) is 0 Å². The summed E-state index contributed by atoms with van der Waals surface area (Å²) in [5.41, 5.74) is 0. The number of likely N-dealkylation sites (tertiary alicyclic amines) is 2. The van der Waals surface area contributed by atoms with E-state index in [1.165, 1.54) is 0 Å². The summed E-state index contributed by atoms with van der Waals surface area (Å²) in [7, 11) is 1.75. The van der Waals surface area contributed by atoms with Gasteiger partial charge in [-0.05, 0) is 25.2 Å². The van der Waals surface area contributed by atoms with Crippen LogP contribution in [0.25, 0.3) is 0 Å². The minimum Gasteiger partial charge on any atom is -0.481 e. The molecule has 118 valence electrons. The Kier molecular flexibility index (Phi) is 5.03. The maximum Gasteiger partial charge on any atom is 0.317 e. The van der Waals surface area contributed by atoms with E-state index in [0.717, 1.165) is 12.8 Å². The van der Waals surface area contributed by atoms with Gasteiger partial charge in [-0.15, -0.1) is 0 Å². The fourth-order valence-corrected chi connectivity index (χ4v) is 2.98. The fraction of sp³-hybridized carbons (Fsp3) is 0.786. The zero-order valence-corrected chi connectivity index (χ0v) is 12.4. The van der Waals surface area contributed by atoms with Gasteiger partial charge in [-0.3, -0.25) is 9.59 Å². The quantitative estimate of drug-likeness (QED) is 0.794. The first kappa shape index (κ1) is 15.6. The van der Waals surface area contributed by atoms with Crippen molar-refractivity contribution in [1.29, 1.82) is 0 Å². The molecule has 7 nitrogen and oxygen atoms in total. The lowest BCUT2D eigenvalue weighted by molar-refractivity contribution is -0.138. The number of carbonyl (C=O) groups is 3. The molecule has 2 fully saturated rings. The highest BCUT2D eigenvalue weighted by atomic mass is 16.4. The van der Waals surface area contributed by atoms with E-state index in [9.17, 15) is 14.4 Å². The van der Waals surface area contributed by atoms with E-state index >= 15 is 0 Å². The first-order valence-electron chi connectivity index (χ1n) is 7.47. The number of nitrogens with one attached hydrogen (secondary N) is 1. The van der Waals surface area contributed by atoms with Crippen LogP contribution >= 0.6 is 0 Å². The fourth-order valence-electron chi connectivity index (χ4n) is 2.98. The predicted octanol–water partition coefficient (Wildman–Crippen LogP) is 0.504. The number of nitrogens with zero attached hydrogens (tertiary/aromatic N) is 2. The molecule has 2 rings (SSSR count). The first-order valence-corrected chi connectivity index (χ1v) is 7.47. The summed E-state index contributed by atoms with van der Waals surface area (Å²) in [6, 6.07) is -0.0894. The first-order chi connectivity index (χ1) is 9.95. The zero-order valence-electron chi connectivity index (χ0n) is 12.4. The van der Waals surface area contributed by atoms with E-state index in [2.05, 4.69) is 5.32 Å². The molecule has 1 unspecified atom stereocenters. The minimum atomic E-state index is -0.771. The molecule has 2 heterocycles. The summed E-state index contributed by atoms with van der Waals surface area (Å²) in [6.45, 7) is 1.76. The lowest BCUT2D eigenvalue weighted by atomic mass is 9.94. The maximum atomic E-state index is 12.2. The number of hydrogen-bond acceptors (Lipinski definition) is 3. The maximum absolute atomic E-state index is 12.2. The van der Waals surface area contributed by atoms with Gasteiger partial charge in [0.1, 0.15) is 0 Å². The molecule has 0 bridgehead atoms. The van der Waals surface area contributed by atoms with Crippen molar-refractivity contribution in [3.8, 4) is 0 Å². The van der Waals surface area contributed by atoms with Gasteiger partial charge < -0.3 is 20.2 Å². The topological polar surface area (TPSA) is 90.0 Å². The number of carboxylic acids is 1. The SMILES string of the molecule is CN1CC(NC(=O)N2CCC(CC(=O)O)CC2)CCC1=O. The van der Waals surface area contributed by atoms with Crippen LogP contribution in [0.4, 0.5) is 4.79 Å². The Bertz CT molecular complexity index is 418. The van der Waals surface area contributed by atoms with Crippen molar-refractivity contribution in [2.45, 2.75) is 38.1 Å². The molecule has 21 heavy (non-hydrogen) atoms. The highest BCUT2D eigenvalue weighted by Crippen LogP contribution is 2.20. The number of carbonyl (C=O) groups excluding carboxylic acids is 2.